The Labute approximate surface area is 100.0 Å². The number of ether oxygens (including phenoxy) is 1. The molecule has 0 radical (unpaired) electrons. The highest BCUT2D eigenvalue weighted by atomic mass is 19.1. The number of nitrogens with two attached hydrogens (primary N) is 1. The van der Waals surface area contributed by atoms with Crippen LogP contribution in [0.2, 0.25) is 0 Å². The molecule has 0 saturated carbocycles. The van der Waals surface area contributed by atoms with E-state index in [0.29, 0.717) is 25.7 Å². The molecule has 1 aromatic carbocycles. The Hall–Kier alpha value is -1.36. The van der Waals surface area contributed by atoms with Crippen LogP contribution in [0.1, 0.15) is 13.8 Å². The Morgan fingerprint density at radius 2 is 1.88 bits per heavy atom. The number of hydrogen-bond donors (Lipinski definition) is 2. The second kappa shape index (κ2) is 6.39. The minimum Gasteiger partial charge on any atom is -0.399 e. The number of nitrogen functional groups attached to an aromatic ring is 1. The number of nitrogens with one attached hydrogen (secondary N) is 1. The molecule has 0 atom stereocenters. The first-order chi connectivity index (χ1) is 8.00. The molecule has 17 heavy (non-hydrogen) atoms. The van der Waals surface area contributed by atoms with Crippen LogP contribution in [0.3, 0.4) is 0 Å². The third-order valence-electron chi connectivity index (χ3n) is 2.06. The molecular weight excluding hydrogens is 226 g/mol. The maximum atomic E-state index is 13.3. The van der Waals surface area contributed by atoms with E-state index in [4.69, 9.17) is 10.5 Å². The van der Waals surface area contributed by atoms with Crippen LogP contribution in [0.25, 0.3) is 0 Å². The second-order valence-electron chi connectivity index (χ2n) is 4.26. The zero-order chi connectivity index (χ0) is 12.8. The highest BCUT2D eigenvalue weighted by Gasteiger charge is 2.09. The fraction of sp³-hybridized carbons (Fsp3) is 0.500. The van der Waals surface area contributed by atoms with E-state index in [1.165, 1.54) is 0 Å². The van der Waals surface area contributed by atoms with E-state index in [1.807, 2.05) is 13.8 Å². The van der Waals surface area contributed by atoms with Crippen molar-refractivity contribution in [1.82, 2.24) is 0 Å². The third-order valence-corrected chi connectivity index (χ3v) is 2.06. The summed E-state index contributed by atoms with van der Waals surface area (Å²) in [5.41, 5.74) is 5.22. The van der Waals surface area contributed by atoms with Gasteiger partial charge in [-0.25, -0.2) is 8.78 Å². The Bertz CT molecular complexity index is 347. The van der Waals surface area contributed by atoms with E-state index in [-0.39, 0.29) is 11.4 Å². The van der Waals surface area contributed by atoms with E-state index in [9.17, 15) is 8.78 Å². The van der Waals surface area contributed by atoms with Gasteiger partial charge in [0.15, 0.2) is 11.6 Å². The summed E-state index contributed by atoms with van der Waals surface area (Å²) in [5, 5.41) is 2.65. The molecule has 3 nitrogen and oxygen atoms in total. The van der Waals surface area contributed by atoms with Crippen molar-refractivity contribution in [3.8, 4) is 0 Å². The molecule has 0 aliphatic rings. The lowest BCUT2D eigenvalue weighted by Crippen LogP contribution is -2.14. The lowest BCUT2D eigenvalue weighted by Gasteiger charge is -2.10. The van der Waals surface area contributed by atoms with Gasteiger partial charge in [0, 0.05) is 18.8 Å². The second-order valence-corrected chi connectivity index (χ2v) is 4.26. The summed E-state index contributed by atoms with van der Waals surface area (Å²) in [4.78, 5) is 0. The van der Waals surface area contributed by atoms with Gasteiger partial charge in [-0.3, -0.25) is 0 Å². The van der Waals surface area contributed by atoms with Crippen molar-refractivity contribution in [2.45, 2.75) is 13.8 Å². The van der Waals surface area contributed by atoms with Gasteiger partial charge < -0.3 is 15.8 Å². The lowest BCUT2D eigenvalue weighted by molar-refractivity contribution is 0.118. The van der Waals surface area contributed by atoms with Crippen LogP contribution in [-0.4, -0.2) is 19.8 Å². The Kier molecular flexibility index (Phi) is 5.15. The molecule has 0 bridgehead atoms. The van der Waals surface area contributed by atoms with E-state index in [1.54, 1.807) is 0 Å². The van der Waals surface area contributed by atoms with Gasteiger partial charge in [0.1, 0.15) is 5.69 Å². The molecule has 0 amide bonds. The first-order valence-electron chi connectivity index (χ1n) is 5.57. The van der Waals surface area contributed by atoms with Gasteiger partial charge in [-0.1, -0.05) is 13.8 Å². The monoisotopic (exact) mass is 244 g/mol. The largest absolute Gasteiger partial charge is 0.399 e. The van der Waals surface area contributed by atoms with Crippen molar-refractivity contribution in [2.24, 2.45) is 5.92 Å². The summed E-state index contributed by atoms with van der Waals surface area (Å²) < 4.78 is 31.9. The van der Waals surface area contributed by atoms with Crippen LogP contribution in [0.15, 0.2) is 12.1 Å². The third kappa shape index (κ3) is 4.56. The molecule has 0 unspecified atom stereocenters. The van der Waals surface area contributed by atoms with Gasteiger partial charge in [-0.05, 0) is 18.1 Å². The van der Waals surface area contributed by atoms with Gasteiger partial charge in [0.25, 0.3) is 0 Å². The molecule has 96 valence electrons. The first kappa shape index (κ1) is 13.7. The topological polar surface area (TPSA) is 47.3 Å². The van der Waals surface area contributed by atoms with Crippen molar-refractivity contribution in [1.29, 1.82) is 0 Å². The molecule has 0 aromatic heterocycles. The van der Waals surface area contributed by atoms with Crippen molar-refractivity contribution < 1.29 is 13.5 Å². The smallest absolute Gasteiger partial charge is 0.151 e. The minimum absolute atomic E-state index is 0.0709. The maximum absolute atomic E-state index is 13.3. The van der Waals surface area contributed by atoms with Crippen LogP contribution in [0.5, 0.6) is 0 Å². The van der Waals surface area contributed by atoms with Crippen LogP contribution in [0, 0.1) is 17.6 Å². The molecule has 3 N–H and O–H groups in total. The summed E-state index contributed by atoms with van der Waals surface area (Å²) in [6, 6.07) is 2.17. The Morgan fingerprint density at radius 1 is 1.29 bits per heavy atom. The number of rotatable bonds is 6. The Morgan fingerprint density at radius 3 is 2.41 bits per heavy atom. The van der Waals surface area contributed by atoms with Crippen molar-refractivity contribution in [2.75, 3.05) is 30.8 Å². The fourth-order valence-electron chi connectivity index (χ4n) is 1.33. The average Bonchev–Trinajstić information content (AvgIpc) is 2.20. The molecule has 0 fully saturated rings. The van der Waals surface area contributed by atoms with Gasteiger partial charge >= 0.3 is 0 Å². The average molecular weight is 244 g/mol. The van der Waals surface area contributed by atoms with E-state index in [2.05, 4.69) is 5.32 Å². The van der Waals surface area contributed by atoms with Gasteiger partial charge in [-0.15, -0.1) is 0 Å². The van der Waals surface area contributed by atoms with Crippen LogP contribution >= 0.6 is 0 Å². The van der Waals surface area contributed by atoms with Crippen LogP contribution in [-0.2, 0) is 4.74 Å². The lowest BCUT2D eigenvalue weighted by atomic mass is 10.2. The highest BCUT2D eigenvalue weighted by molar-refractivity contribution is 5.53. The summed E-state index contributed by atoms with van der Waals surface area (Å²) in [6.45, 7) is 5.46. The molecule has 0 spiro atoms. The molecule has 1 aromatic rings. The molecule has 0 heterocycles. The van der Waals surface area contributed by atoms with Crippen LogP contribution < -0.4 is 11.1 Å². The molecular formula is C12H18F2N2O. The van der Waals surface area contributed by atoms with E-state index in [0.717, 1.165) is 12.1 Å². The predicted molar refractivity (Wildman–Crippen MR) is 64.9 cm³/mol. The van der Waals surface area contributed by atoms with Crippen molar-refractivity contribution in [3.63, 3.8) is 0 Å². The number of anilines is 2. The SMILES string of the molecule is CC(C)COCCNc1c(F)cc(N)cc1F. The summed E-state index contributed by atoms with van der Waals surface area (Å²) in [5.74, 6) is -0.933. The van der Waals surface area contributed by atoms with E-state index < -0.39 is 11.6 Å². The fourth-order valence-corrected chi connectivity index (χ4v) is 1.33. The molecule has 5 heteroatoms. The standard InChI is InChI=1S/C12H18F2N2O/c1-8(2)7-17-4-3-16-12-10(13)5-9(15)6-11(12)14/h5-6,8,16H,3-4,7,15H2,1-2H3. The van der Waals surface area contributed by atoms with Crippen molar-refractivity contribution in [3.05, 3.63) is 23.8 Å². The van der Waals surface area contributed by atoms with Gasteiger partial charge in [0.2, 0.25) is 0 Å². The number of benzene rings is 1. The summed E-state index contributed by atoms with van der Waals surface area (Å²) in [6.07, 6.45) is 0. The quantitative estimate of drug-likeness (QED) is 0.597. The molecule has 0 aliphatic carbocycles. The van der Waals surface area contributed by atoms with Crippen molar-refractivity contribution >= 4 is 11.4 Å². The van der Waals surface area contributed by atoms with Gasteiger partial charge in [-0.2, -0.15) is 0 Å². The molecule has 1 rings (SSSR count). The summed E-state index contributed by atoms with van der Waals surface area (Å²) in [7, 11) is 0. The van der Waals surface area contributed by atoms with E-state index >= 15 is 0 Å². The van der Waals surface area contributed by atoms with Crippen LogP contribution in [0.4, 0.5) is 20.2 Å². The maximum Gasteiger partial charge on any atom is 0.151 e. The number of halogens is 2. The van der Waals surface area contributed by atoms with Gasteiger partial charge in [0.05, 0.1) is 6.61 Å². The zero-order valence-corrected chi connectivity index (χ0v) is 10.1. The number of hydrogen-bond acceptors (Lipinski definition) is 3. The first-order valence-corrected chi connectivity index (χ1v) is 5.57. The molecule has 0 saturated heterocycles. The minimum atomic E-state index is -0.689. The molecule has 0 aliphatic heterocycles. The normalized spacial score (nSPS) is 10.9. The highest BCUT2D eigenvalue weighted by Crippen LogP contribution is 2.21. The Balaban J connectivity index is 2.42. The zero-order valence-electron chi connectivity index (χ0n) is 10.1. The summed E-state index contributed by atoms with van der Waals surface area (Å²) >= 11 is 0. The predicted octanol–water partition coefficient (Wildman–Crippen LogP) is 2.63.